The van der Waals surface area contributed by atoms with E-state index in [0.29, 0.717) is 0 Å². The number of halogens is 1. The molecule has 1 atom stereocenters. The molecule has 1 unspecified atom stereocenters. The lowest BCUT2D eigenvalue weighted by Crippen LogP contribution is -2.25. The molecule has 0 saturated heterocycles. The van der Waals surface area contributed by atoms with E-state index in [1.807, 2.05) is 24.1 Å². The van der Waals surface area contributed by atoms with Crippen LogP contribution in [-0.4, -0.2) is 21.3 Å². The van der Waals surface area contributed by atoms with Gasteiger partial charge in [-0.25, -0.2) is 0 Å². The predicted octanol–water partition coefficient (Wildman–Crippen LogP) is 3.14. The highest BCUT2D eigenvalue weighted by Gasteiger charge is 2.18. The zero-order valence-corrected chi connectivity index (χ0v) is 12.8. The molecule has 0 spiro atoms. The Labute approximate surface area is 125 Å². The van der Waals surface area contributed by atoms with Crippen molar-refractivity contribution in [2.75, 3.05) is 6.54 Å². The molecule has 4 nitrogen and oxygen atoms in total. The van der Waals surface area contributed by atoms with Crippen LogP contribution in [0.3, 0.4) is 0 Å². The number of hydrogen-bond acceptors (Lipinski definition) is 3. The summed E-state index contributed by atoms with van der Waals surface area (Å²) in [7, 11) is 1.94. The molecular formula is C15H21ClN4. The molecule has 0 amide bonds. The molecule has 108 valence electrons. The summed E-state index contributed by atoms with van der Waals surface area (Å²) in [6.07, 6.45) is 8.46. The van der Waals surface area contributed by atoms with Crippen LogP contribution in [-0.2, 0) is 13.5 Å². The van der Waals surface area contributed by atoms with Gasteiger partial charge in [0.2, 0.25) is 0 Å². The second kappa shape index (κ2) is 7.41. The molecule has 0 aliphatic carbocycles. The number of nitrogens with one attached hydrogen (secondary N) is 1. The summed E-state index contributed by atoms with van der Waals surface area (Å²) in [5, 5.41) is 8.53. The summed E-state index contributed by atoms with van der Waals surface area (Å²) in [5.74, 6) is 0. The van der Waals surface area contributed by atoms with Crippen LogP contribution in [0.4, 0.5) is 0 Å². The molecule has 0 bridgehead atoms. The zero-order chi connectivity index (χ0) is 14.4. The van der Waals surface area contributed by atoms with E-state index < -0.39 is 0 Å². The molecular weight excluding hydrogens is 272 g/mol. The number of nitrogens with zero attached hydrogens (tertiary/aromatic N) is 3. The molecule has 2 rings (SSSR count). The first-order chi connectivity index (χ1) is 9.72. The fourth-order valence-electron chi connectivity index (χ4n) is 2.33. The fourth-order valence-corrected chi connectivity index (χ4v) is 2.62. The Bertz CT molecular complexity index is 504. The highest BCUT2D eigenvalue weighted by molar-refractivity contribution is 6.31. The van der Waals surface area contributed by atoms with E-state index in [4.69, 9.17) is 11.6 Å². The maximum Gasteiger partial charge on any atom is 0.0834 e. The molecule has 20 heavy (non-hydrogen) atoms. The minimum Gasteiger partial charge on any atom is -0.309 e. The topological polar surface area (TPSA) is 42.7 Å². The van der Waals surface area contributed by atoms with Gasteiger partial charge in [-0.3, -0.25) is 9.67 Å². The van der Waals surface area contributed by atoms with E-state index in [9.17, 15) is 0 Å². The first kappa shape index (κ1) is 15.0. The SMILES string of the molecule is CCCNC(CCc1ccncc1)c1c(Cl)cnn1C. The maximum atomic E-state index is 6.27. The standard InChI is InChI=1S/C15H21ClN4/c1-3-8-18-14(15-13(16)11-19-20(15)2)5-4-12-6-9-17-10-7-12/h6-7,9-11,14,18H,3-5,8H2,1-2H3. The van der Waals surface area contributed by atoms with Crippen molar-refractivity contribution in [2.24, 2.45) is 7.05 Å². The molecule has 0 radical (unpaired) electrons. The second-order valence-electron chi connectivity index (χ2n) is 4.90. The van der Waals surface area contributed by atoms with Crippen molar-refractivity contribution in [1.82, 2.24) is 20.1 Å². The van der Waals surface area contributed by atoms with Crippen LogP contribution in [0, 0.1) is 0 Å². The van der Waals surface area contributed by atoms with Gasteiger partial charge in [0.15, 0.2) is 0 Å². The van der Waals surface area contributed by atoms with Gasteiger partial charge in [-0.15, -0.1) is 0 Å². The Morgan fingerprint density at radius 2 is 2.10 bits per heavy atom. The van der Waals surface area contributed by atoms with Crippen LogP contribution in [0.25, 0.3) is 0 Å². The van der Waals surface area contributed by atoms with Crippen molar-refractivity contribution in [3.05, 3.63) is 47.0 Å². The number of rotatable bonds is 7. The van der Waals surface area contributed by atoms with Gasteiger partial charge in [0.05, 0.1) is 23.0 Å². The Morgan fingerprint density at radius 3 is 2.70 bits per heavy atom. The molecule has 2 heterocycles. The first-order valence-electron chi connectivity index (χ1n) is 7.02. The summed E-state index contributed by atoms with van der Waals surface area (Å²) in [5.41, 5.74) is 2.36. The van der Waals surface area contributed by atoms with Crippen LogP contribution < -0.4 is 5.32 Å². The van der Waals surface area contributed by atoms with E-state index in [0.717, 1.165) is 36.5 Å². The molecule has 0 aromatic carbocycles. The summed E-state index contributed by atoms with van der Waals surface area (Å²) in [6, 6.07) is 4.34. The Morgan fingerprint density at radius 1 is 1.35 bits per heavy atom. The molecule has 0 aliphatic rings. The fraction of sp³-hybridized carbons (Fsp3) is 0.467. The van der Waals surface area contributed by atoms with E-state index in [1.165, 1.54) is 5.56 Å². The molecule has 5 heteroatoms. The van der Waals surface area contributed by atoms with Crippen molar-refractivity contribution in [1.29, 1.82) is 0 Å². The summed E-state index contributed by atoms with van der Waals surface area (Å²) >= 11 is 6.27. The smallest absolute Gasteiger partial charge is 0.0834 e. The van der Waals surface area contributed by atoms with Crippen LogP contribution in [0.2, 0.25) is 5.02 Å². The Balaban J connectivity index is 2.08. The third kappa shape index (κ3) is 3.81. The molecule has 0 saturated carbocycles. The average Bonchev–Trinajstić information content (AvgIpc) is 2.80. The van der Waals surface area contributed by atoms with E-state index in [-0.39, 0.29) is 6.04 Å². The van der Waals surface area contributed by atoms with Gasteiger partial charge in [-0.2, -0.15) is 5.10 Å². The summed E-state index contributed by atoms with van der Waals surface area (Å²) in [4.78, 5) is 4.05. The lowest BCUT2D eigenvalue weighted by Gasteiger charge is -2.19. The van der Waals surface area contributed by atoms with Crippen molar-refractivity contribution in [3.8, 4) is 0 Å². The summed E-state index contributed by atoms with van der Waals surface area (Å²) in [6.45, 7) is 3.14. The van der Waals surface area contributed by atoms with Crippen LogP contribution in [0.15, 0.2) is 30.7 Å². The number of hydrogen-bond donors (Lipinski definition) is 1. The van der Waals surface area contributed by atoms with Gasteiger partial charge >= 0.3 is 0 Å². The van der Waals surface area contributed by atoms with Crippen molar-refractivity contribution in [2.45, 2.75) is 32.2 Å². The molecule has 2 aromatic heterocycles. The number of pyridine rings is 1. The van der Waals surface area contributed by atoms with Crippen molar-refractivity contribution >= 4 is 11.6 Å². The highest BCUT2D eigenvalue weighted by atomic mass is 35.5. The van der Waals surface area contributed by atoms with Gasteiger partial charge in [-0.05, 0) is 43.5 Å². The lowest BCUT2D eigenvalue weighted by molar-refractivity contribution is 0.468. The predicted molar refractivity (Wildman–Crippen MR) is 81.8 cm³/mol. The third-order valence-electron chi connectivity index (χ3n) is 3.38. The Kier molecular flexibility index (Phi) is 5.56. The van der Waals surface area contributed by atoms with Crippen molar-refractivity contribution < 1.29 is 0 Å². The van der Waals surface area contributed by atoms with Gasteiger partial charge in [0.1, 0.15) is 0 Å². The van der Waals surface area contributed by atoms with E-state index in [2.05, 4.69) is 34.5 Å². The molecule has 2 aromatic rings. The first-order valence-corrected chi connectivity index (χ1v) is 7.39. The van der Waals surface area contributed by atoms with Gasteiger partial charge in [0.25, 0.3) is 0 Å². The van der Waals surface area contributed by atoms with Crippen LogP contribution in [0.1, 0.15) is 37.1 Å². The molecule has 0 fully saturated rings. The largest absolute Gasteiger partial charge is 0.309 e. The Hall–Kier alpha value is -1.39. The number of aryl methyl sites for hydroxylation is 2. The minimum atomic E-state index is 0.225. The van der Waals surface area contributed by atoms with Crippen LogP contribution in [0.5, 0.6) is 0 Å². The monoisotopic (exact) mass is 292 g/mol. The lowest BCUT2D eigenvalue weighted by atomic mass is 10.0. The normalized spacial score (nSPS) is 12.6. The molecule has 1 N–H and O–H groups in total. The third-order valence-corrected chi connectivity index (χ3v) is 3.67. The second-order valence-corrected chi connectivity index (χ2v) is 5.31. The maximum absolute atomic E-state index is 6.27. The van der Waals surface area contributed by atoms with Gasteiger partial charge in [-0.1, -0.05) is 18.5 Å². The average molecular weight is 293 g/mol. The zero-order valence-electron chi connectivity index (χ0n) is 12.0. The van der Waals surface area contributed by atoms with E-state index in [1.54, 1.807) is 6.20 Å². The van der Waals surface area contributed by atoms with Crippen molar-refractivity contribution in [3.63, 3.8) is 0 Å². The number of aromatic nitrogens is 3. The van der Waals surface area contributed by atoms with Gasteiger partial charge in [0, 0.05) is 19.4 Å². The summed E-state index contributed by atoms with van der Waals surface area (Å²) < 4.78 is 1.86. The van der Waals surface area contributed by atoms with Gasteiger partial charge < -0.3 is 5.32 Å². The quantitative estimate of drug-likeness (QED) is 0.852. The van der Waals surface area contributed by atoms with Crippen LogP contribution >= 0.6 is 11.6 Å². The highest BCUT2D eigenvalue weighted by Crippen LogP contribution is 2.25. The molecule has 0 aliphatic heterocycles. The minimum absolute atomic E-state index is 0.225. The van der Waals surface area contributed by atoms with E-state index >= 15 is 0 Å².